The Balaban J connectivity index is 2.44. The lowest BCUT2D eigenvalue weighted by Crippen LogP contribution is -2.33. The Kier molecular flexibility index (Phi) is 6.90. The van der Waals surface area contributed by atoms with Crippen molar-refractivity contribution in [2.24, 2.45) is 5.73 Å². The van der Waals surface area contributed by atoms with Gasteiger partial charge < -0.3 is 10.5 Å². The molecule has 6 nitrogen and oxygen atoms in total. The maximum absolute atomic E-state index is 13.3. The number of esters is 1. The molecule has 2 N–H and O–H groups in total. The molecule has 0 atom stereocenters. The number of nitrogens with zero attached hydrogens (tertiary/aromatic N) is 1. The maximum Gasteiger partial charge on any atom is 0.338 e. The van der Waals surface area contributed by atoms with Gasteiger partial charge in [0.2, 0.25) is 10.0 Å². The molecule has 0 bridgehead atoms. The van der Waals surface area contributed by atoms with Gasteiger partial charge in [-0.25, -0.2) is 13.2 Å². The van der Waals surface area contributed by atoms with Crippen molar-refractivity contribution in [2.75, 3.05) is 20.2 Å². The Morgan fingerprint density at radius 2 is 1.81 bits per heavy atom. The highest BCUT2D eigenvalue weighted by Gasteiger charge is 2.27. The molecule has 0 unspecified atom stereocenters. The molecule has 26 heavy (non-hydrogen) atoms. The monoisotopic (exact) mass is 376 g/mol. The van der Waals surface area contributed by atoms with Crippen molar-refractivity contribution in [1.29, 1.82) is 0 Å². The van der Waals surface area contributed by atoms with Gasteiger partial charge in [0.15, 0.2) is 0 Å². The van der Waals surface area contributed by atoms with E-state index in [1.807, 2.05) is 30.3 Å². The van der Waals surface area contributed by atoms with Gasteiger partial charge in [-0.05, 0) is 43.1 Å². The second kappa shape index (κ2) is 8.93. The molecule has 0 spiro atoms. The van der Waals surface area contributed by atoms with Crippen molar-refractivity contribution in [3.63, 3.8) is 0 Å². The topological polar surface area (TPSA) is 89.7 Å². The lowest BCUT2D eigenvalue weighted by Gasteiger charge is -2.23. The first-order valence-electron chi connectivity index (χ1n) is 8.34. The Morgan fingerprint density at radius 1 is 1.12 bits per heavy atom. The van der Waals surface area contributed by atoms with Gasteiger partial charge in [-0.2, -0.15) is 4.31 Å². The van der Waals surface area contributed by atoms with E-state index in [2.05, 4.69) is 0 Å². The molecule has 2 aromatic rings. The van der Waals surface area contributed by atoms with E-state index in [4.69, 9.17) is 10.5 Å². The highest BCUT2D eigenvalue weighted by atomic mass is 32.2. The van der Waals surface area contributed by atoms with E-state index < -0.39 is 16.0 Å². The zero-order chi connectivity index (χ0) is 19.2. The van der Waals surface area contributed by atoms with Crippen molar-refractivity contribution in [2.45, 2.75) is 24.8 Å². The van der Waals surface area contributed by atoms with Crippen molar-refractivity contribution < 1.29 is 17.9 Å². The molecule has 2 aromatic carbocycles. The Hall–Kier alpha value is -2.22. The van der Waals surface area contributed by atoms with Crippen molar-refractivity contribution in [1.82, 2.24) is 4.31 Å². The number of carbonyl (C=O) groups is 1. The summed E-state index contributed by atoms with van der Waals surface area (Å²) in [6.07, 6.45) is 0.543. The lowest BCUT2D eigenvalue weighted by molar-refractivity contribution is 0.0599. The van der Waals surface area contributed by atoms with Crippen LogP contribution < -0.4 is 5.73 Å². The van der Waals surface area contributed by atoms with Gasteiger partial charge in [-0.1, -0.05) is 36.4 Å². The molecular formula is C19H24N2O4S. The Bertz CT molecular complexity index is 851. The number of nitrogens with two attached hydrogens (primary N) is 1. The summed E-state index contributed by atoms with van der Waals surface area (Å²) in [6, 6.07) is 14.0. The van der Waals surface area contributed by atoms with Crippen molar-refractivity contribution in [3.05, 3.63) is 65.2 Å². The SMILES string of the molecule is COC(=O)c1cccc(S(=O)(=O)N(CCCN)Cc2ccccc2)c1C. The minimum absolute atomic E-state index is 0.105. The first-order valence-corrected chi connectivity index (χ1v) is 9.78. The summed E-state index contributed by atoms with van der Waals surface area (Å²) >= 11 is 0. The summed E-state index contributed by atoms with van der Waals surface area (Å²) in [5, 5.41) is 0. The van der Waals surface area contributed by atoms with Crippen LogP contribution in [0.3, 0.4) is 0 Å². The fourth-order valence-corrected chi connectivity index (χ4v) is 4.42. The van der Waals surface area contributed by atoms with E-state index in [0.717, 1.165) is 5.56 Å². The van der Waals surface area contributed by atoms with Crippen LogP contribution in [-0.2, 0) is 21.3 Å². The van der Waals surface area contributed by atoms with Crippen LogP contribution in [-0.4, -0.2) is 38.9 Å². The zero-order valence-electron chi connectivity index (χ0n) is 15.0. The minimum atomic E-state index is -3.80. The van der Waals surface area contributed by atoms with Gasteiger partial charge in [0, 0.05) is 13.1 Å². The first kappa shape index (κ1) is 20.1. The van der Waals surface area contributed by atoms with Crippen LogP contribution >= 0.6 is 0 Å². The third-order valence-corrected chi connectivity index (χ3v) is 6.11. The predicted molar refractivity (Wildman–Crippen MR) is 100 cm³/mol. The number of hydrogen-bond donors (Lipinski definition) is 1. The summed E-state index contributed by atoms with van der Waals surface area (Å²) in [6.45, 7) is 2.55. The molecule has 0 fully saturated rings. The van der Waals surface area contributed by atoms with Crippen LogP contribution in [0, 0.1) is 6.92 Å². The number of hydrogen-bond acceptors (Lipinski definition) is 5. The van der Waals surface area contributed by atoms with Crippen LogP contribution in [0.2, 0.25) is 0 Å². The molecule has 0 aliphatic carbocycles. The zero-order valence-corrected chi connectivity index (χ0v) is 15.8. The number of carbonyl (C=O) groups excluding carboxylic acids is 1. The summed E-state index contributed by atoms with van der Waals surface area (Å²) < 4.78 is 32.7. The van der Waals surface area contributed by atoms with Crippen LogP contribution in [0.25, 0.3) is 0 Å². The molecule has 0 saturated carbocycles. The normalized spacial score (nSPS) is 11.5. The van der Waals surface area contributed by atoms with E-state index in [9.17, 15) is 13.2 Å². The standard InChI is InChI=1S/C19H24N2O4S/c1-15-17(19(22)25-2)10-6-11-18(15)26(23,24)21(13-7-12-20)14-16-8-4-3-5-9-16/h3-6,8-11H,7,12-14,20H2,1-2H3. The number of ether oxygens (including phenoxy) is 1. The molecule has 0 aromatic heterocycles. The number of sulfonamides is 1. The molecule has 0 saturated heterocycles. The average molecular weight is 376 g/mol. The summed E-state index contributed by atoms with van der Waals surface area (Å²) in [4.78, 5) is 12.0. The smallest absolute Gasteiger partial charge is 0.338 e. The van der Waals surface area contributed by atoms with E-state index in [0.29, 0.717) is 25.1 Å². The van der Waals surface area contributed by atoms with E-state index in [-0.39, 0.29) is 17.0 Å². The fraction of sp³-hybridized carbons (Fsp3) is 0.316. The molecule has 0 amide bonds. The molecule has 0 aliphatic heterocycles. The van der Waals surface area contributed by atoms with Crippen LogP contribution in [0.15, 0.2) is 53.4 Å². The van der Waals surface area contributed by atoms with Crippen LogP contribution in [0.4, 0.5) is 0 Å². The summed E-state index contributed by atoms with van der Waals surface area (Å²) in [5.74, 6) is -0.559. The van der Waals surface area contributed by atoms with Crippen molar-refractivity contribution in [3.8, 4) is 0 Å². The molecular weight excluding hydrogens is 352 g/mol. The molecule has 140 valence electrons. The van der Waals surface area contributed by atoms with E-state index in [1.165, 1.54) is 17.5 Å². The summed E-state index contributed by atoms with van der Waals surface area (Å²) in [7, 11) is -2.53. The van der Waals surface area contributed by atoms with Gasteiger partial charge in [0.25, 0.3) is 0 Å². The molecule has 0 radical (unpaired) electrons. The minimum Gasteiger partial charge on any atom is -0.465 e. The van der Waals surface area contributed by atoms with Crippen molar-refractivity contribution >= 4 is 16.0 Å². The third kappa shape index (κ3) is 4.49. The third-order valence-electron chi connectivity index (χ3n) is 4.12. The Morgan fingerprint density at radius 3 is 2.42 bits per heavy atom. The summed E-state index contributed by atoms with van der Waals surface area (Å²) in [5.41, 5.74) is 7.09. The van der Waals surface area contributed by atoms with Crippen LogP contribution in [0.1, 0.15) is 27.9 Å². The van der Waals surface area contributed by atoms with Gasteiger partial charge in [0.1, 0.15) is 0 Å². The van der Waals surface area contributed by atoms with Crippen LogP contribution in [0.5, 0.6) is 0 Å². The second-order valence-electron chi connectivity index (χ2n) is 5.89. The number of benzene rings is 2. The van der Waals surface area contributed by atoms with E-state index in [1.54, 1.807) is 19.1 Å². The predicted octanol–water partition coefficient (Wildman–Crippen LogP) is 2.32. The largest absolute Gasteiger partial charge is 0.465 e. The van der Waals surface area contributed by atoms with Gasteiger partial charge in [-0.3, -0.25) is 0 Å². The first-order chi connectivity index (χ1) is 12.4. The Labute approximate surface area is 154 Å². The maximum atomic E-state index is 13.3. The fourth-order valence-electron chi connectivity index (χ4n) is 2.70. The lowest BCUT2D eigenvalue weighted by atomic mass is 10.1. The quantitative estimate of drug-likeness (QED) is 0.714. The molecule has 0 heterocycles. The van der Waals surface area contributed by atoms with Gasteiger partial charge in [0.05, 0.1) is 17.6 Å². The van der Waals surface area contributed by atoms with Gasteiger partial charge in [-0.15, -0.1) is 0 Å². The molecule has 0 aliphatic rings. The highest BCUT2D eigenvalue weighted by Crippen LogP contribution is 2.24. The average Bonchev–Trinajstić information content (AvgIpc) is 2.65. The van der Waals surface area contributed by atoms with E-state index >= 15 is 0 Å². The van der Waals surface area contributed by atoms with Gasteiger partial charge >= 0.3 is 5.97 Å². The highest BCUT2D eigenvalue weighted by molar-refractivity contribution is 7.89. The number of methoxy groups -OCH3 is 1. The second-order valence-corrected chi connectivity index (χ2v) is 7.79. The molecule has 2 rings (SSSR count). The molecule has 7 heteroatoms. The number of rotatable bonds is 8.